The molecular weight excluding hydrogens is 261 g/mol. The van der Waals surface area contributed by atoms with Crippen LogP contribution in [0.15, 0.2) is 18.2 Å². The molecule has 0 heterocycles. The van der Waals surface area contributed by atoms with Crippen LogP contribution in [0.25, 0.3) is 0 Å². The van der Waals surface area contributed by atoms with Crippen molar-refractivity contribution in [3.05, 3.63) is 33.8 Å². The van der Waals surface area contributed by atoms with E-state index in [1.807, 2.05) is 6.92 Å². The van der Waals surface area contributed by atoms with Gasteiger partial charge >= 0.3 is 0 Å². The van der Waals surface area contributed by atoms with Crippen LogP contribution in [0.5, 0.6) is 0 Å². The molecule has 1 atom stereocenters. The lowest BCUT2D eigenvalue weighted by Crippen LogP contribution is -2.40. The first-order chi connectivity index (χ1) is 7.85. The van der Waals surface area contributed by atoms with Crippen LogP contribution in [0.4, 0.5) is 0 Å². The minimum absolute atomic E-state index is 0.172. The summed E-state index contributed by atoms with van der Waals surface area (Å²) in [4.78, 5) is 11.8. The van der Waals surface area contributed by atoms with E-state index < -0.39 is 5.60 Å². The van der Waals surface area contributed by atoms with Crippen molar-refractivity contribution in [1.29, 1.82) is 0 Å². The minimum atomic E-state index is -0.916. The molecule has 0 spiro atoms. The highest BCUT2D eigenvalue weighted by molar-refractivity contribution is 6.35. The summed E-state index contributed by atoms with van der Waals surface area (Å²) in [5.41, 5.74) is -0.605. The maximum Gasteiger partial charge on any atom is 0.252 e. The molecule has 0 aliphatic heterocycles. The lowest BCUT2D eigenvalue weighted by atomic mass is 10.0. The van der Waals surface area contributed by atoms with Crippen molar-refractivity contribution in [2.24, 2.45) is 0 Å². The number of hydrogen-bond donors (Lipinski definition) is 2. The Morgan fingerprint density at radius 2 is 2.12 bits per heavy atom. The van der Waals surface area contributed by atoms with Crippen LogP contribution >= 0.6 is 23.2 Å². The standard InChI is InChI=1S/C12H15Cl2NO2/c1-3-12(2,17)7-15-11(16)9-6-8(13)4-5-10(9)14/h4-6,17H,3,7H2,1-2H3,(H,15,16). The highest BCUT2D eigenvalue weighted by atomic mass is 35.5. The van der Waals surface area contributed by atoms with E-state index in [-0.39, 0.29) is 12.5 Å². The summed E-state index contributed by atoms with van der Waals surface area (Å²) >= 11 is 11.7. The summed E-state index contributed by atoms with van der Waals surface area (Å²) in [5, 5.41) is 13.2. The average molecular weight is 276 g/mol. The number of aliphatic hydroxyl groups is 1. The lowest BCUT2D eigenvalue weighted by molar-refractivity contribution is 0.0518. The predicted octanol–water partition coefficient (Wildman–Crippen LogP) is 2.88. The maximum absolute atomic E-state index is 11.8. The van der Waals surface area contributed by atoms with Gasteiger partial charge in [0.25, 0.3) is 5.91 Å². The van der Waals surface area contributed by atoms with E-state index in [2.05, 4.69) is 5.32 Å². The zero-order valence-corrected chi connectivity index (χ0v) is 11.3. The Bertz CT molecular complexity index is 419. The summed E-state index contributed by atoms with van der Waals surface area (Å²) in [6, 6.07) is 4.68. The molecule has 0 fully saturated rings. The van der Waals surface area contributed by atoms with E-state index in [1.165, 1.54) is 6.07 Å². The number of halogens is 2. The molecule has 0 saturated carbocycles. The number of benzene rings is 1. The van der Waals surface area contributed by atoms with Crippen molar-refractivity contribution in [3.8, 4) is 0 Å². The summed E-state index contributed by atoms with van der Waals surface area (Å²) < 4.78 is 0. The highest BCUT2D eigenvalue weighted by Crippen LogP contribution is 2.20. The number of nitrogens with one attached hydrogen (secondary N) is 1. The quantitative estimate of drug-likeness (QED) is 0.888. The molecule has 0 radical (unpaired) electrons. The second-order valence-corrected chi connectivity index (χ2v) is 5.00. The van der Waals surface area contributed by atoms with E-state index >= 15 is 0 Å². The Morgan fingerprint density at radius 3 is 2.71 bits per heavy atom. The van der Waals surface area contributed by atoms with Gasteiger partial charge in [-0.15, -0.1) is 0 Å². The molecule has 0 saturated heterocycles. The second-order valence-electron chi connectivity index (χ2n) is 4.16. The van der Waals surface area contributed by atoms with Crippen molar-refractivity contribution in [3.63, 3.8) is 0 Å². The average Bonchev–Trinajstić information content (AvgIpc) is 2.29. The van der Waals surface area contributed by atoms with Gasteiger partial charge in [-0.2, -0.15) is 0 Å². The minimum Gasteiger partial charge on any atom is -0.388 e. The lowest BCUT2D eigenvalue weighted by Gasteiger charge is -2.21. The Morgan fingerprint density at radius 1 is 1.47 bits per heavy atom. The van der Waals surface area contributed by atoms with Gasteiger partial charge in [-0.05, 0) is 31.5 Å². The van der Waals surface area contributed by atoms with E-state index in [0.29, 0.717) is 22.0 Å². The largest absolute Gasteiger partial charge is 0.388 e. The van der Waals surface area contributed by atoms with Gasteiger partial charge in [0, 0.05) is 11.6 Å². The maximum atomic E-state index is 11.8. The molecule has 0 aromatic heterocycles. The Balaban J connectivity index is 2.74. The Kier molecular flexibility index (Phi) is 4.80. The van der Waals surface area contributed by atoms with Gasteiger partial charge in [0.05, 0.1) is 16.2 Å². The highest BCUT2D eigenvalue weighted by Gasteiger charge is 2.19. The molecule has 94 valence electrons. The SMILES string of the molecule is CCC(C)(O)CNC(=O)c1cc(Cl)ccc1Cl. The zero-order valence-electron chi connectivity index (χ0n) is 9.76. The third-order valence-electron chi connectivity index (χ3n) is 2.56. The molecule has 3 nitrogen and oxygen atoms in total. The normalized spacial score (nSPS) is 14.2. The number of rotatable bonds is 4. The first-order valence-electron chi connectivity index (χ1n) is 5.31. The number of carbonyl (C=O) groups is 1. The summed E-state index contributed by atoms with van der Waals surface area (Å²) in [6.45, 7) is 3.68. The molecule has 1 unspecified atom stereocenters. The molecule has 17 heavy (non-hydrogen) atoms. The zero-order chi connectivity index (χ0) is 13.1. The Hall–Kier alpha value is -0.770. The van der Waals surface area contributed by atoms with E-state index in [4.69, 9.17) is 23.2 Å². The first kappa shape index (κ1) is 14.3. The van der Waals surface area contributed by atoms with Gasteiger partial charge in [0.15, 0.2) is 0 Å². The van der Waals surface area contributed by atoms with Gasteiger partial charge < -0.3 is 10.4 Å². The van der Waals surface area contributed by atoms with Gasteiger partial charge in [-0.25, -0.2) is 0 Å². The molecular formula is C12H15Cl2NO2. The van der Waals surface area contributed by atoms with Crippen LogP contribution in [0.3, 0.4) is 0 Å². The van der Waals surface area contributed by atoms with Crippen molar-refractivity contribution in [2.45, 2.75) is 25.9 Å². The van der Waals surface area contributed by atoms with Crippen LogP contribution in [-0.4, -0.2) is 23.2 Å². The third-order valence-corrected chi connectivity index (χ3v) is 3.13. The molecule has 1 rings (SSSR count). The smallest absolute Gasteiger partial charge is 0.252 e. The van der Waals surface area contributed by atoms with Gasteiger partial charge in [-0.3, -0.25) is 4.79 Å². The van der Waals surface area contributed by atoms with Crippen LogP contribution in [0, 0.1) is 0 Å². The van der Waals surface area contributed by atoms with Crippen LogP contribution in [0.1, 0.15) is 30.6 Å². The second kappa shape index (κ2) is 5.71. The van der Waals surface area contributed by atoms with E-state index in [0.717, 1.165) is 0 Å². The van der Waals surface area contributed by atoms with E-state index in [1.54, 1.807) is 19.1 Å². The summed E-state index contributed by atoms with van der Waals surface area (Å²) in [5.74, 6) is -0.341. The number of amides is 1. The molecule has 1 aromatic rings. The molecule has 1 aromatic carbocycles. The summed E-state index contributed by atoms with van der Waals surface area (Å²) in [7, 11) is 0. The molecule has 0 bridgehead atoms. The third kappa shape index (κ3) is 4.19. The summed E-state index contributed by atoms with van der Waals surface area (Å²) in [6.07, 6.45) is 0.552. The number of hydrogen-bond acceptors (Lipinski definition) is 2. The Labute approximate surface area is 111 Å². The van der Waals surface area contributed by atoms with Crippen molar-refractivity contribution in [1.82, 2.24) is 5.32 Å². The van der Waals surface area contributed by atoms with E-state index in [9.17, 15) is 9.90 Å². The monoisotopic (exact) mass is 275 g/mol. The fourth-order valence-electron chi connectivity index (χ4n) is 1.16. The molecule has 2 N–H and O–H groups in total. The predicted molar refractivity (Wildman–Crippen MR) is 69.7 cm³/mol. The van der Waals surface area contributed by atoms with Gasteiger partial charge in [-0.1, -0.05) is 30.1 Å². The molecule has 1 amide bonds. The first-order valence-corrected chi connectivity index (χ1v) is 6.07. The van der Waals surface area contributed by atoms with Crippen LogP contribution < -0.4 is 5.32 Å². The molecule has 0 aliphatic rings. The number of carbonyl (C=O) groups excluding carboxylic acids is 1. The molecule has 5 heteroatoms. The van der Waals surface area contributed by atoms with Crippen molar-refractivity contribution < 1.29 is 9.90 Å². The van der Waals surface area contributed by atoms with Gasteiger partial charge in [0.2, 0.25) is 0 Å². The molecule has 0 aliphatic carbocycles. The topological polar surface area (TPSA) is 49.3 Å². The van der Waals surface area contributed by atoms with Crippen molar-refractivity contribution >= 4 is 29.1 Å². The van der Waals surface area contributed by atoms with Crippen molar-refractivity contribution in [2.75, 3.05) is 6.54 Å². The fraction of sp³-hybridized carbons (Fsp3) is 0.417. The fourth-order valence-corrected chi connectivity index (χ4v) is 1.54. The van der Waals surface area contributed by atoms with Crippen LogP contribution in [-0.2, 0) is 0 Å². The van der Waals surface area contributed by atoms with Crippen LogP contribution in [0.2, 0.25) is 10.0 Å². The van der Waals surface area contributed by atoms with Gasteiger partial charge in [0.1, 0.15) is 0 Å².